The summed E-state index contributed by atoms with van der Waals surface area (Å²) in [5, 5.41) is 3.23. The van der Waals surface area contributed by atoms with Gasteiger partial charge in [0.25, 0.3) is 0 Å². The van der Waals surface area contributed by atoms with E-state index in [-0.39, 0.29) is 29.3 Å². The molecule has 0 spiro atoms. The number of benzene rings is 3. The van der Waals surface area contributed by atoms with Crippen LogP contribution in [0.1, 0.15) is 42.4 Å². The van der Waals surface area contributed by atoms with Crippen molar-refractivity contribution >= 4 is 15.9 Å². The Bertz CT molecular complexity index is 1380. The molecule has 40 heavy (non-hydrogen) atoms. The Labute approximate surface area is 238 Å². The van der Waals surface area contributed by atoms with Crippen molar-refractivity contribution in [2.45, 2.75) is 49.7 Å². The molecule has 1 saturated heterocycles. The van der Waals surface area contributed by atoms with Gasteiger partial charge in [0, 0.05) is 39.2 Å². The number of carbonyl (C=O) groups is 1. The van der Waals surface area contributed by atoms with Crippen LogP contribution in [0.5, 0.6) is 11.5 Å². The zero-order valence-electron chi connectivity index (χ0n) is 23.7. The van der Waals surface area contributed by atoms with Crippen molar-refractivity contribution in [3.05, 3.63) is 89.5 Å². The van der Waals surface area contributed by atoms with E-state index in [9.17, 15) is 13.2 Å². The predicted molar refractivity (Wildman–Crippen MR) is 156 cm³/mol. The molecule has 0 aliphatic carbocycles. The summed E-state index contributed by atoms with van der Waals surface area (Å²) in [5.41, 5.74) is 2.34. The summed E-state index contributed by atoms with van der Waals surface area (Å²) >= 11 is 0. The maximum atomic E-state index is 13.9. The second-order valence-corrected chi connectivity index (χ2v) is 12.2. The first-order valence-electron chi connectivity index (χ1n) is 13.6. The SMILES string of the molecule is COc1cc(C(C)C(=O)NC(Cc2ccccc2)N2CCCC2)c(S(=O)(=O)N(C)Cc2ccccc2)cc1OC. The molecule has 1 fully saturated rings. The van der Waals surface area contributed by atoms with Crippen molar-refractivity contribution in [3.8, 4) is 11.5 Å². The van der Waals surface area contributed by atoms with Crippen molar-refractivity contribution in [1.82, 2.24) is 14.5 Å². The van der Waals surface area contributed by atoms with Gasteiger partial charge in [-0.2, -0.15) is 4.31 Å². The Balaban J connectivity index is 1.66. The molecule has 4 rings (SSSR count). The number of rotatable bonds is 12. The number of hydrogen-bond donors (Lipinski definition) is 1. The van der Waals surface area contributed by atoms with Crippen LogP contribution in [0.4, 0.5) is 0 Å². The molecule has 2 unspecified atom stereocenters. The van der Waals surface area contributed by atoms with Gasteiger partial charge in [0.15, 0.2) is 11.5 Å². The first kappa shape index (κ1) is 29.6. The van der Waals surface area contributed by atoms with Crippen molar-refractivity contribution in [2.75, 3.05) is 34.4 Å². The molecule has 1 N–H and O–H groups in total. The summed E-state index contributed by atoms with van der Waals surface area (Å²) in [7, 11) is 0.501. The summed E-state index contributed by atoms with van der Waals surface area (Å²) in [6.07, 6.45) is 2.64. The number of nitrogens with one attached hydrogen (secondary N) is 1. The van der Waals surface area contributed by atoms with Gasteiger partial charge in [-0.05, 0) is 42.5 Å². The number of ether oxygens (including phenoxy) is 2. The van der Waals surface area contributed by atoms with Crippen molar-refractivity contribution in [1.29, 1.82) is 0 Å². The third-order valence-corrected chi connectivity index (χ3v) is 9.33. The van der Waals surface area contributed by atoms with Gasteiger partial charge in [0.1, 0.15) is 0 Å². The van der Waals surface area contributed by atoms with Gasteiger partial charge in [-0.15, -0.1) is 0 Å². The molecular formula is C31H39N3O5S. The molecule has 3 aromatic rings. The molecule has 0 bridgehead atoms. The van der Waals surface area contributed by atoms with Gasteiger partial charge in [-0.3, -0.25) is 9.69 Å². The lowest BCUT2D eigenvalue weighted by Crippen LogP contribution is -2.49. The molecule has 1 aliphatic rings. The number of carbonyl (C=O) groups excluding carboxylic acids is 1. The Kier molecular flexibility index (Phi) is 9.84. The first-order chi connectivity index (χ1) is 19.2. The van der Waals surface area contributed by atoms with Gasteiger partial charge >= 0.3 is 0 Å². The van der Waals surface area contributed by atoms with E-state index in [2.05, 4.69) is 22.3 Å². The fourth-order valence-electron chi connectivity index (χ4n) is 5.12. The number of likely N-dealkylation sites (tertiary alicyclic amines) is 1. The highest BCUT2D eigenvalue weighted by atomic mass is 32.2. The summed E-state index contributed by atoms with van der Waals surface area (Å²) in [6, 6.07) is 22.5. The topological polar surface area (TPSA) is 88.2 Å². The van der Waals surface area contributed by atoms with E-state index in [1.807, 2.05) is 48.5 Å². The lowest BCUT2D eigenvalue weighted by atomic mass is 9.99. The highest BCUT2D eigenvalue weighted by molar-refractivity contribution is 7.89. The van der Waals surface area contributed by atoms with Crippen molar-refractivity contribution in [2.24, 2.45) is 0 Å². The quantitative estimate of drug-likeness (QED) is 0.350. The third-order valence-electron chi connectivity index (χ3n) is 7.47. The van der Waals surface area contributed by atoms with Gasteiger partial charge < -0.3 is 14.8 Å². The minimum atomic E-state index is -3.99. The summed E-state index contributed by atoms with van der Waals surface area (Å²) in [4.78, 5) is 16.1. The van der Waals surface area contributed by atoms with Crippen LogP contribution in [0, 0.1) is 0 Å². The predicted octanol–water partition coefficient (Wildman–Crippen LogP) is 4.41. The summed E-state index contributed by atoms with van der Waals surface area (Å²) in [5.74, 6) is -0.371. The zero-order chi connectivity index (χ0) is 28.7. The lowest BCUT2D eigenvalue weighted by molar-refractivity contribution is -0.124. The normalized spacial score (nSPS) is 15.5. The molecule has 0 aromatic heterocycles. The van der Waals surface area contributed by atoms with Crippen LogP contribution >= 0.6 is 0 Å². The van der Waals surface area contributed by atoms with Gasteiger partial charge in [0.2, 0.25) is 15.9 Å². The fourth-order valence-corrected chi connectivity index (χ4v) is 6.57. The third kappa shape index (κ3) is 6.83. The first-order valence-corrected chi connectivity index (χ1v) is 15.0. The van der Waals surface area contributed by atoms with Crippen LogP contribution in [-0.4, -0.2) is 64.1 Å². The molecule has 1 heterocycles. The second kappa shape index (κ2) is 13.3. The molecule has 1 aliphatic heterocycles. The Morgan fingerprint density at radius 3 is 2.05 bits per heavy atom. The maximum Gasteiger partial charge on any atom is 0.243 e. The molecule has 1 amide bonds. The molecule has 0 radical (unpaired) electrons. The molecule has 2 atom stereocenters. The lowest BCUT2D eigenvalue weighted by Gasteiger charge is -2.30. The van der Waals surface area contributed by atoms with E-state index in [0.717, 1.165) is 37.1 Å². The number of amides is 1. The van der Waals surface area contributed by atoms with E-state index < -0.39 is 15.9 Å². The van der Waals surface area contributed by atoms with Crippen LogP contribution in [0.15, 0.2) is 77.7 Å². The standard InChI is InChI=1S/C31H39N3O5S/c1-23(31(35)32-30(34-17-11-12-18-34)19-24-13-7-5-8-14-24)26-20-27(38-3)28(39-4)21-29(26)40(36,37)33(2)22-25-15-9-6-10-16-25/h5-10,13-16,20-21,23,30H,11-12,17-19,22H2,1-4H3,(H,32,35). The largest absolute Gasteiger partial charge is 0.493 e. The minimum absolute atomic E-state index is 0.0204. The molecular weight excluding hydrogens is 526 g/mol. The average Bonchev–Trinajstić information content (AvgIpc) is 3.52. The summed E-state index contributed by atoms with van der Waals surface area (Å²) in [6.45, 7) is 3.74. The fraction of sp³-hybridized carbons (Fsp3) is 0.387. The van der Waals surface area contributed by atoms with E-state index in [1.165, 1.54) is 31.6 Å². The molecule has 0 saturated carbocycles. The minimum Gasteiger partial charge on any atom is -0.493 e. The zero-order valence-corrected chi connectivity index (χ0v) is 24.5. The van der Waals surface area contributed by atoms with Crippen LogP contribution in [-0.2, 0) is 27.8 Å². The van der Waals surface area contributed by atoms with Crippen molar-refractivity contribution < 1.29 is 22.7 Å². The molecule has 9 heteroatoms. The monoisotopic (exact) mass is 565 g/mol. The van der Waals surface area contributed by atoms with E-state index in [1.54, 1.807) is 13.0 Å². The van der Waals surface area contributed by atoms with Gasteiger partial charge in [0.05, 0.1) is 31.2 Å². The van der Waals surface area contributed by atoms with Crippen LogP contribution < -0.4 is 14.8 Å². The van der Waals surface area contributed by atoms with E-state index in [0.29, 0.717) is 17.7 Å². The molecule has 214 valence electrons. The average molecular weight is 566 g/mol. The highest BCUT2D eigenvalue weighted by Gasteiger charge is 2.32. The number of hydrogen-bond acceptors (Lipinski definition) is 6. The highest BCUT2D eigenvalue weighted by Crippen LogP contribution is 2.37. The van der Waals surface area contributed by atoms with Gasteiger partial charge in [-0.25, -0.2) is 8.42 Å². The number of nitrogens with zero attached hydrogens (tertiary/aromatic N) is 2. The van der Waals surface area contributed by atoms with Crippen LogP contribution in [0.2, 0.25) is 0 Å². The van der Waals surface area contributed by atoms with Crippen molar-refractivity contribution in [3.63, 3.8) is 0 Å². The molecule has 3 aromatic carbocycles. The summed E-state index contributed by atoms with van der Waals surface area (Å²) < 4.78 is 40.1. The van der Waals surface area contributed by atoms with Gasteiger partial charge in [-0.1, -0.05) is 60.7 Å². The van der Waals surface area contributed by atoms with E-state index in [4.69, 9.17) is 9.47 Å². The Hall–Kier alpha value is -3.40. The van der Waals surface area contributed by atoms with E-state index >= 15 is 0 Å². The smallest absolute Gasteiger partial charge is 0.243 e. The number of methoxy groups -OCH3 is 2. The second-order valence-electron chi connectivity index (χ2n) is 10.2. The van der Waals surface area contributed by atoms with Crippen LogP contribution in [0.25, 0.3) is 0 Å². The molecule has 8 nitrogen and oxygen atoms in total. The maximum absolute atomic E-state index is 13.9. The Morgan fingerprint density at radius 2 is 1.48 bits per heavy atom. The number of sulfonamides is 1. The Morgan fingerprint density at radius 1 is 0.925 bits per heavy atom. The van der Waals surface area contributed by atoms with Crippen LogP contribution in [0.3, 0.4) is 0 Å².